The van der Waals surface area contributed by atoms with Crippen LogP contribution in [-0.4, -0.2) is 20.9 Å². The number of sulfonamides is 1. The number of amides is 1. The third-order valence-corrected chi connectivity index (χ3v) is 6.08. The molecule has 132 valence electrons. The van der Waals surface area contributed by atoms with Gasteiger partial charge in [0.25, 0.3) is 0 Å². The van der Waals surface area contributed by atoms with Crippen molar-refractivity contribution in [3.05, 3.63) is 59.7 Å². The molecule has 0 bridgehead atoms. The highest BCUT2D eigenvalue weighted by atomic mass is 32.2. The summed E-state index contributed by atoms with van der Waals surface area (Å²) in [5.74, 6) is 0.0851. The van der Waals surface area contributed by atoms with E-state index in [9.17, 15) is 13.2 Å². The number of hydrogen-bond donors (Lipinski definition) is 1. The number of benzene rings is 2. The van der Waals surface area contributed by atoms with E-state index >= 15 is 0 Å². The predicted molar refractivity (Wildman–Crippen MR) is 97.9 cm³/mol. The highest BCUT2D eigenvalue weighted by Gasteiger charge is 2.23. The molecule has 0 aromatic heterocycles. The van der Waals surface area contributed by atoms with Crippen molar-refractivity contribution in [3.8, 4) is 0 Å². The van der Waals surface area contributed by atoms with Crippen molar-refractivity contribution in [2.45, 2.75) is 37.6 Å². The number of carbonyl (C=O) groups is 1. The van der Waals surface area contributed by atoms with E-state index in [4.69, 9.17) is 0 Å². The summed E-state index contributed by atoms with van der Waals surface area (Å²) in [6.45, 7) is 4.48. The van der Waals surface area contributed by atoms with Gasteiger partial charge in [-0.2, -0.15) is 0 Å². The molecule has 0 spiro atoms. The minimum absolute atomic E-state index is 0.0851. The van der Waals surface area contributed by atoms with Crippen molar-refractivity contribution in [1.29, 1.82) is 0 Å². The van der Waals surface area contributed by atoms with E-state index in [0.29, 0.717) is 13.0 Å². The van der Waals surface area contributed by atoms with Crippen molar-refractivity contribution in [2.75, 3.05) is 11.4 Å². The topological polar surface area (TPSA) is 66.5 Å². The molecule has 2 aromatic carbocycles. The first-order valence-electron chi connectivity index (χ1n) is 8.37. The Kier molecular flexibility index (Phi) is 4.92. The SMILES string of the molecule is Cc1ccccc1[C@H](C)NS(=O)(=O)c1ccc(N2CCCC2=O)cc1. The van der Waals surface area contributed by atoms with Crippen molar-refractivity contribution < 1.29 is 13.2 Å². The fourth-order valence-corrected chi connectivity index (χ4v) is 4.39. The molecule has 1 aliphatic rings. The van der Waals surface area contributed by atoms with E-state index in [1.165, 1.54) is 0 Å². The third-order valence-electron chi connectivity index (χ3n) is 4.52. The maximum absolute atomic E-state index is 12.6. The minimum Gasteiger partial charge on any atom is -0.312 e. The summed E-state index contributed by atoms with van der Waals surface area (Å²) >= 11 is 0. The molecule has 1 saturated heterocycles. The number of nitrogens with one attached hydrogen (secondary N) is 1. The van der Waals surface area contributed by atoms with Gasteiger partial charge in [0.15, 0.2) is 0 Å². The summed E-state index contributed by atoms with van der Waals surface area (Å²) in [5, 5.41) is 0. The summed E-state index contributed by atoms with van der Waals surface area (Å²) in [7, 11) is -3.63. The average Bonchev–Trinajstić information content (AvgIpc) is 3.01. The summed E-state index contributed by atoms with van der Waals surface area (Å²) < 4.78 is 28.0. The van der Waals surface area contributed by atoms with Gasteiger partial charge in [0, 0.05) is 24.7 Å². The maximum Gasteiger partial charge on any atom is 0.241 e. The van der Waals surface area contributed by atoms with Crippen LogP contribution in [0.4, 0.5) is 5.69 Å². The molecule has 0 aliphatic carbocycles. The Bertz CT molecular complexity index is 876. The van der Waals surface area contributed by atoms with Crippen molar-refractivity contribution in [2.24, 2.45) is 0 Å². The van der Waals surface area contributed by atoms with Crippen LogP contribution < -0.4 is 9.62 Å². The lowest BCUT2D eigenvalue weighted by Gasteiger charge is -2.18. The van der Waals surface area contributed by atoms with Gasteiger partial charge in [0.05, 0.1) is 4.90 Å². The Labute approximate surface area is 148 Å². The first-order chi connectivity index (χ1) is 11.9. The van der Waals surface area contributed by atoms with Gasteiger partial charge >= 0.3 is 0 Å². The lowest BCUT2D eigenvalue weighted by atomic mass is 10.0. The Morgan fingerprint density at radius 1 is 1.08 bits per heavy atom. The number of anilines is 1. The molecule has 1 aliphatic heterocycles. The van der Waals surface area contributed by atoms with Crippen molar-refractivity contribution in [1.82, 2.24) is 4.72 Å². The van der Waals surface area contributed by atoms with Gasteiger partial charge in [-0.25, -0.2) is 13.1 Å². The second kappa shape index (κ2) is 6.98. The van der Waals surface area contributed by atoms with Gasteiger partial charge in [-0.15, -0.1) is 0 Å². The molecule has 1 atom stereocenters. The summed E-state index contributed by atoms with van der Waals surface area (Å²) in [6, 6.07) is 13.9. The van der Waals surface area contributed by atoms with Gasteiger partial charge in [-0.1, -0.05) is 24.3 Å². The molecule has 0 saturated carbocycles. The van der Waals surface area contributed by atoms with Crippen molar-refractivity contribution >= 4 is 21.6 Å². The molecular formula is C19H22N2O3S. The molecule has 1 fully saturated rings. The molecule has 3 rings (SSSR count). The van der Waals surface area contributed by atoms with Gasteiger partial charge in [0.2, 0.25) is 15.9 Å². The summed E-state index contributed by atoms with van der Waals surface area (Å²) in [4.78, 5) is 13.7. The van der Waals surface area contributed by atoms with Crippen LogP contribution in [0.25, 0.3) is 0 Å². The molecular weight excluding hydrogens is 336 g/mol. The number of aryl methyl sites for hydroxylation is 1. The quantitative estimate of drug-likeness (QED) is 0.893. The highest BCUT2D eigenvalue weighted by molar-refractivity contribution is 7.89. The monoisotopic (exact) mass is 358 g/mol. The Morgan fingerprint density at radius 3 is 2.36 bits per heavy atom. The number of hydrogen-bond acceptors (Lipinski definition) is 3. The lowest BCUT2D eigenvalue weighted by molar-refractivity contribution is -0.117. The van der Waals surface area contributed by atoms with Crippen LogP contribution >= 0.6 is 0 Å². The van der Waals surface area contributed by atoms with Crippen LogP contribution in [-0.2, 0) is 14.8 Å². The van der Waals surface area contributed by atoms with E-state index in [-0.39, 0.29) is 16.8 Å². The fraction of sp³-hybridized carbons (Fsp3) is 0.316. The second-order valence-corrected chi connectivity index (χ2v) is 8.06. The molecule has 1 N–H and O–H groups in total. The van der Waals surface area contributed by atoms with E-state index in [2.05, 4.69) is 4.72 Å². The van der Waals surface area contributed by atoms with Crippen LogP contribution in [0.15, 0.2) is 53.4 Å². The van der Waals surface area contributed by atoms with Gasteiger partial charge in [0.1, 0.15) is 0 Å². The zero-order valence-electron chi connectivity index (χ0n) is 14.4. The second-order valence-electron chi connectivity index (χ2n) is 6.34. The van der Waals surface area contributed by atoms with Crippen LogP contribution in [0.3, 0.4) is 0 Å². The van der Waals surface area contributed by atoms with E-state index in [1.54, 1.807) is 29.2 Å². The lowest BCUT2D eigenvalue weighted by Crippen LogP contribution is -2.27. The molecule has 1 amide bonds. The maximum atomic E-state index is 12.6. The third kappa shape index (κ3) is 3.75. The van der Waals surface area contributed by atoms with Crippen LogP contribution in [0.5, 0.6) is 0 Å². The predicted octanol–water partition coefficient (Wildman–Crippen LogP) is 3.16. The molecule has 0 unspecified atom stereocenters. The average molecular weight is 358 g/mol. The smallest absolute Gasteiger partial charge is 0.241 e. The van der Waals surface area contributed by atoms with Crippen molar-refractivity contribution in [3.63, 3.8) is 0 Å². The Morgan fingerprint density at radius 2 is 1.76 bits per heavy atom. The Balaban J connectivity index is 1.78. The molecule has 6 heteroatoms. The number of carbonyl (C=O) groups excluding carboxylic acids is 1. The molecule has 2 aromatic rings. The van der Waals surface area contributed by atoms with Gasteiger partial charge < -0.3 is 4.90 Å². The van der Waals surface area contributed by atoms with E-state index in [1.807, 2.05) is 38.1 Å². The molecule has 0 radical (unpaired) electrons. The first-order valence-corrected chi connectivity index (χ1v) is 9.85. The number of nitrogens with zero attached hydrogens (tertiary/aromatic N) is 1. The minimum atomic E-state index is -3.63. The normalized spacial score (nSPS) is 16.2. The van der Waals surface area contributed by atoms with Crippen LogP contribution in [0.1, 0.15) is 36.9 Å². The standard InChI is InChI=1S/C19H22N2O3S/c1-14-6-3-4-7-18(14)15(2)20-25(23,24)17-11-9-16(10-12-17)21-13-5-8-19(21)22/h3-4,6-7,9-12,15,20H,5,8,13H2,1-2H3/t15-/m0/s1. The molecule has 1 heterocycles. The number of rotatable bonds is 5. The van der Waals surface area contributed by atoms with Crippen LogP contribution in [0, 0.1) is 6.92 Å². The van der Waals surface area contributed by atoms with E-state index < -0.39 is 10.0 Å². The largest absolute Gasteiger partial charge is 0.312 e. The zero-order valence-corrected chi connectivity index (χ0v) is 15.2. The van der Waals surface area contributed by atoms with Gasteiger partial charge in [-0.3, -0.25) is 4.79 Å². The van der Waals surface area contributed by atoms with E-state index in [0.717, 1.165) is 23.2 Å². The molecule has 5 nitrogen and oxygen atoms in total. The fourth-order valence-electron chi connectivity index (χ4n) is 3.16. The molecule has 25 heavy (non-hydrogen) atoms. The summed E-state index contributed by atoms with van der Waals surface area (Å²) in [5.41, 5.74) is 2.74. The summed E-state index contributed by atoms with van der Waals surface area (Å²) in [6.07, 6.45) is 1.39. The highest BCUT2D eigenvalue weighted by Crippen LogP contribution is 2.24. The first kappa shape index (κ1) is 17.6. The van der Waals surface area contributed by atoms with Gasteiger partial charge in [-0.05, 0) is 55.7 Å². The Hall–Kier alpha value is -2.18. The zero-order chi connectivity index (χ0) is 18.0. The van der Waals surface area contributed by atoms with Crippen LogP contribution in [0.2, 0.25) is 0 Å².